The van der Waals surface area contributed by atoms with Crippen molar-refractivity contribution in [3.63, 3.8) is 0 Å². The first-order valence-electron chi connectivity index (χ1n) is 7.69. The summed E-state index contributed by atoms with van der Waals surface area (Å²) in [4.78, 5) is 2.60. The quantitative estimate of drug-likeness (QED) is 0.757. The van der Waals surface area contributed by atoms with Crippen molar-refractivity contribution in [1.82, 2.24) is 10.2 Å². The van der Waals surface area contributed by atoms with E-state index < -0.39 is 0 Å². The van der Waals surface area contributed by atoms with Crippen LogP contribution in [0, 0.1) is 5.41 Å². The Morgan fingerprint density at radius 3 is 1.94 bits per heavy atom. The predicted molar refractivity (Wildman–Crippen MR) is 78.6 cm³/mol. The monoisotopic (exact) mass is 242 g/mol. The number of nitrogens with zero attached hydrogens (tertiary/aromatic N) is 1. The van der Waals surface area contributed by atoms with Crippen molar-refractivity contribution in [2.24, 2.45) is 5.41 Å². The Hall–Kier alpha value is -0.0800. The van der Waals surface area contributed by atoms with Crippen LogP contribution in [0.3, 0.4) is 0 Å². The van der Waals surface area contributed by atoms with Crippen LogP contribution in [-0.2, 0) is 0 Å². The molecule has 0 aromatic rings. The molecule has 1 N–H and O–H groups in total. The Morgan fingerprint density at radius 1 is 1.00 bits per heavy atom. The number of rotatable bonds is 1. The van der Waals surface area contributed by atoms with Crippen LogP contribution in [0.2, 0.25) is 0 Å². The summed E-state index contributed by atoms with van der Waals surface area (Å²) >= 11 is 0. The molecule has 17 heavy (non-hydrogen) atoms. The Bertz CT molecular complexity index is 162. The SMILES string of the molecule is CC.CCC.CCN1CCC2(CCNCC2)C1. The molecule has 0 amide bonds. The molecule has 0 aromatic carbocycles. The predicted octanol–water partition coefficient (Wildman–Crippen LogP) is 3.52. The summed E-state index contributed by atoms with van der Waals surface area (Å²) in [6.45, 7) is 17.0. The number of hydrogen-bond donors (Lipinski definition) is 1. The second-order valence-electron chi connectivity index (χ2n) is 5.08. The Morgan fingerprint density at radius 2 is 1.53 bits per heavy atom. The Balaban J connectivity index is 0.000000450. The fourth-order valence-corrected chi connectivity index (χ4v) is 2.66. The molecule has 0 unspecified atom stereocenters. The smallest absolute Gasteiger partial charge is 0.00393 e. The maximum Gasteiger partial charge on any atom is 0.00393 e. The van der Waals surface area contributed by atoms with Gasteiger partial charge in [-0.1, -0.05) is 41.0 Å². The van der Waals surface area contributed by atoms with Crippen LogP contribution in [-0.4, -0.2) is 37.6 Å². The fourth-order valence-electron chi connectivity index (χ4n) is 2.66. The van der Waals surface area contributed by atoms with Crippen molar-refractivity contribution < 1.29 is 0 Å². The van der Waals surface area contributed by atoms with Crippen molar-refractivity contribution in [3.8, 4) is 0 Å². The van der Waals surface area contributed by atoms with E-state index in [0.717, 1.165) is 0 Å². The lowest BCUT2D eigenvalue weighted by molar-refractivity contribution is 0.199. The molecule has 2 aliphatic heterocycles. The van der Waals surface area contributed by atoms with Crippen LogP contribution in [0.5, 0.6) is 0 Å². The average Bonchev–Trinajstić information content (AvgIpc) is 2.77. The van der Waals surface area contributed by atoms with Gasteiger partial charge in [-0.25, -0.2) is 0 Å². The molecule has 2 aliphatic rings. The molecule has 0 bridgehead atoms. The van der Waals surface area contributed by atoms with E-state index in [0.29, 0.717) is 5.41 Å². The molecule has 2 heteroatoms. The highest BCUT2D eigenvalue weighted by atomic mass is 15.2. The van der Waals surface area contributed by atoms with E-state index >= 15 is 0 Å². The largest absolute Gasteiger partial charge is 0.317 e. The van der Waals surface area contributed by atoms with Gasteiger partial charge in [-0.3, -0.25) is 0 Å². The molecule has 2 nitrogen and oxygen atoms in total. The summed E-state index contributed by atoms with van der Waals surface area (Å²) in [5.74, 6) is 0. The van der Waals surface area contributed by atoms with Crippen LogP contribution in [0.4, 0.5) is 0 Å². The second-order valence-corrected chi connectivity index (χ2v) is 5.08. The lowest BCUT2D eigenvalue weighted by atomic mass is 9.78. The lowest BCUT2D eigenvalue weighted by Gasteiger charge is -2.33. The van der Waals surface area contributed by atoms with Gasteiger partial charge in [-0.2, -0.15) is 0 Å². The minimum absolute atomic E-state index is 0.710. The molecule has 0 radical (unpaired) electrons. The Kier molecular flexibility index (Phi) is 9.85. The first-order valence-corrected chi connectivity index (χ1v) is 7.69. The number of nitrogens with one attached hydrogen (secondary N) is 1. The first kappa shape index (κ1) is 16.9. The third kappa shape index (κ3) is 5.87. The summed E-state index contributed by atoms with van der Waals surface area (Å²) in [6.07, 6.45) is 5.51. The standard InChI is InChI=1S/C10H20N2.C3H8.C2H6/c1-2-12-8-5-10(9-12)3-6-11-7-4-10;1-3-2;1-2/h11H,2-9H2,1H3;3H2,1-2H3;1-2H3. The number of piperidine rings is 1. The van der Waals surface area contributed by atoms with E-state index in [1.807, 2.05) is 13.8 Å². The van der Waals surface area contributed by atoms with Gasteiger partial charge in [-0.15, -0.1) is 0 Å². The van der Waals surface area contributed by atoms with E-state index in [-0.39, 0.29) is 0 Å². The van der Waals surface area contributed by atoms with Crippen molar-refractivity contribution in [1.29, 1.82) is 0 Å². The number of likely N-dealkylation sites (tertiary alicyclic amines) is 1. The van der Waals surface area contributed by atoms with Gasteiger partial charge in [0.05, 0.1) is 0 Å². The van der Waals surface area contributed by atoms with Crippen molar-refractivity contribution in [2.45, 2.75) is 60.3 Å². The van der Waals surface area contributed by atoms with Gasteiger partial charge in [0, 0.05) is 6.54 Å². The Labute approximate surface area is 109 Å². The summed E-state index contributed by atoms with van der Waals surface area (Å²) in [5, 5.41) is 3.45. The highest BCUT2D eigenvalue weighted by Crippen LogP contribution is 2.38. The van der Waals surface area contributed by atoms with Gasteiger partial charge in [0.25, 0.3) is 0 Å². The van der Waals surface area contributed by atoms with Gasteiger partial charge in [0.2, 0.25) is 0 Å². The highest BCUT2D eigenvalue weighted by molar-refractivity contribution is 4.92. The third-order valence-electron chi connectivity index (χ3n) is 3.63. The molecule has 0 atom stereocenters. The van der Waals surface area contributed by atoms with E-state index in [4.69, 9.17) is 0 Å². The maximum atomic E-state index is 3.45. The summed E-state index contributed by atoms with van der Waals surface area (Å²) < 4.78 is 0. The fraction of sp³-hybridized carbons (Fsp3) is 1.00. The zero-order chi connectivity index (χ0) is 13.1. The zero-order valence-corrected chi connectivity index (χ0v) is 12.8. The van der Waals surface area contributed by atoms with Crippen molar-refractivity contribution in [3.05, 3.63) is 0 Å². The first-order chi connectivity index (χ1) is 8.26. The van der Waals surface area contributed by atoms with Crippen LogP contribution < -0.4 is 5.32 Å². The molecule has 104 valence electrons. The topological polar surface area (TPSA) is 15.3 Å². The molecule has 0 aromatic heterocycles. The number of hydrogen-bond acceptors (Lipinski definition) is 2. The molecule has 2 fully saturated rings. The van der Waals surface area contributed by atoms with Crippen LogP contribution in [0.25, 0.3) is 0 Å². The highest BCUT2D eigenvalue weighted by Gasteiger charge is 2.37. The minimum atomic E-state index is 0.710. The minimum Gasteiger partial charge on any atom is -0.317 e. The van der Waals surface area contributed by atoms with Crippen LogP contribution in [0.15, 0.2) is 0 Å². The van der Waals surface area contributed by atoms with Gasteiger partial charge in [0.15, 0.2) is 0 Å². The lowest BCUT2D eigenvalue weighted by Crippen LogP contribution is -2.38. The van der Waals surface area contributed by atoms with Gasteiger partial charge < -0.3 is 10.2 Å². The molecular weight excluding hydrogens is 208 g/mol. The molecule has 0 aliphatic carbocycles. The molecule has 1 spiro atoms. The van der Waals surface area contributed by atoms with Crippen LogP contribution >= 0.6 is 0 Å². The van der Waals surface area contributed by atoms with E-state index in [9.17, 15) is 0 Å². The summed E-state index contributed by atoms with van der Waals surface area (Å²) in [6, 6.07) is 0. The van der Waals surface area contributed by atoms with E-state index in [1.54, 1.807) is 0 Å². The van der Waals surface area contributed by atoms with E-state index in [1.165, 1.54) is 58.4 Å². The molecule has 2 saturated heterocycles. The summed E-state index contributed by atoms with van der Waals surface area (Å²) in [7, 11) is 0. The van der Waals surface area contributed by atoms with Crippen molar-refractivity contribution in [2.75, 3.05) is 32.7 Å². The molecule has 0 saturated carbocycles. The van der Waals surface area contributed by atoms with Gasteiger partial charge in [0.1, 0.15) is 0 Å². The molecule has 2 rings (SSSR count). The van der Waals surface area contributed by atoms with Crippen LogP contribution in [0.1, 0.15) is 60.3 Å². The maximum absolute atomic E-state index is 3.45. The molecular formula is C15H34N2. The van der Waals surface area contributed by atoms with Gasteiger partial charge >= 0.3 is 0 Å². The normalized spacial score (nSPS) is 22.4. The van der Waals surface area contributed by atoms with E-state index in [2.05, 4.69) is 31.0 Å². The summed E-state index contributed by atoms with van der Waals surface area (Å²) in [5.41, 5.74) is 0.710. The zero-order valence-electron chi connectivity index (χ0n) is 12.8. The van der Waals surface area contributed by atoms with Gasteiger partial charge in [-0.05, 0) is 50.9 Å². The third-order valence-corrected chi connectivity index (χ3v) is 3.63. The average molecular weight is 242 g/mol. The second kappa shape index (κ2) is 9.90. The van der Waals surface area contributed by atoms with Crippen molar-refractivity contribution >= 4 is 0 Å². The molecule has 2 heterocycles.